The fraction of sp³-hybridized carbons (Fsp3) is 0.346. The van der Waals surface area contributed by atoms with Gasteiger partial charge >= 0.3 is 12.1 Å². The Labute approximate surface area is 198 Å². The molecule has 0 saturated carbocycles. The van der Waals surface area contributed by atoms with E-state index in [0.717, 1.165) is 22.3 Å². The Morgan fingerprint density at radius 2 is 1.76 bits per heavy atom. The van der Waals surface area contributed by atoms with Crippen molar-refractivity contribution in [1.82, 2.24) is 10.6 Å². The molecule has 178 valence electrons. The van der Waals surface area contributed by atoms with Gasteiger partial charge in [-0.25, -0.2) is 9.59 Å². The van der Waals surface area contributed by atoms with E-state index in [1.165, 1.54) is 0 Å². The maximum atomic E-state index is 12.6. The Bertz CT molecular complexity index is 1040. The summed E-state index contributed by atoms with van der Waals surface area (Å²) in [7, 11) is 0. The third kappa shape index (κ3) is 4.97. The van der Waals surface area contributed by atoms with Crippen molar-refractivity contribution in [2.75, 3.05) is 13.2 Å². The lowest BCUT2D eigenvalue weighted by Gasteiger charge is -2.22. The number of allylic oxidation sites excluding steroid dienone is 1. The van der Waals surface area contributed by atoms with Crippen LogP contribution in [0, 0.1) is 0 Å². The molecule has 8 heteroatoms. The Hall–Kier alpha value is -3.65. The molecule has 3 N–H and O–H groups in total. The number of carboxylic acid groups (broad SMARTS) is 1. The maximum absolute atomic E-state index is 12.6. The van der Waals surface area contributed by atoms with Crippen LogP contribution < -0.4 is 10.6 Å². The van der Waals surface area contributed by atoms with Crippen LogP contribution in [0.2, 0.25) is 0 Å². The number of rotatable bonds is 9. The largest absolute Gasteiger partial charge is 0.480 e. The number of hydrogen-bond donors (Lipinski definition) is 3. The van der Waals surface area contributed by atoms with Gasteiger partial charge in [0.25, 0.3) is 5.91 Å². The average Bonchev–Trinajstić information content (AvgIpc) is 3.42. The predicted octanol–water partition coefficient (Wildman–Crippen LogP) is 3.22. The molecule has 1 heterocycles. The van der Waals surface area contributed by atoms with E-state index in [-0.39, 0.29) is 25.6 Å². The van der Waals surface area contributed by atoms with Gasteiger partial charge in [-0.05, 0) is 41.5 Å². The lowest BCUT2D eigenvalue weighted by atomic mass is 9.98. The molecule has 0 spiro atoms. The van der Waals surface area contributed by atoms with Crippen LogP contribution in [-0.2, 0) is 19.1 Å². The van der Waals surface area contributed by atoms with Crippen LogP contribution in [0.15, 0.2) is 61.2 Å². The molecular weight excluding hydrogens is 436 g/mol. The van der Waals surface area contributed by atoms with Crippen molar-refractivity contribution in [3.8, 4) is 11.1 Å². The number of hydrogen-bond acceptors (Lipinski definition) is 5. The molecule has 3 atom stereocenters. The highest BCUT2D eigenvalue weighted by Crippen LogP contribution is 2.44. The van der Waals surface area contributed by atoms with Gasteiger partial charge in [0.15, 0.2) is 6.10 Å². The Balaban J connectivity index is 1.35. The SMILES string of the molecule is C=CCCC(NC(=O)[C@@H]1OCC[C@@H]1NC(=O)OCC1c2ccccc2-c2ccccc21)C(=O)O. The highest BCUT2D eigenvalue weighted by Gasteiger charge is 2.37. The van der Waals surface area contributed by atoms with Crippen molar-refractivity contribution in [2.45, 2.75) is 43.4 Å². The molecule has 1 unspecified atom stereocenters. The van der Waals surface area contributed by atoms with Crippen molar-refractivity contribution < 1.29 is 29.0 Å². The van der Waals surface area contributed by atoms with E-state index >= 15 is 0 Å². The number of aliphatic carboxylic acids is 1. The number of benzene rings is 2. The van der Waals surface area contributed by atoms with Gasteiger partial charge in [0.05, 0.1) is 6.04 Å². The van der Waals surface area contributed by atoms with Crippen LogP contribution in [0.1, 0.15) is 36.3 Å². The summed E-state index contributed by atoms with van der Waals surface area (Å²) in [5, 5.41) is 14.5. The van der Waals surface area contributed by atoms with Crippen molar-refractivity contribution in [2.24, 2.45) is 0 Å². The lowest BCUT2D eigenvalue weighted by molar-refractivity contribution is -0.144. The monoisotopic (exact) mass is 464 g/mol. The molecule has 8 nitrogen and oxygen atoms in total. The van der Waals surface area contributed by atoms with E-state index in [0.29, 0.717) is 12.8 Å². The maximum Gasteiger partial charge on any atom is 0.407 e. The van der Waals surface area contributed by atoms with Crippen LogP contribution in [0.5, 0.6) is 0 Å². The van der Waals surface area contributed by atoms with Gasteiger partial charge in [-0.2, -0.15) is 0 Å². The third-order valence-corrected chi connectivity index (χ3v) is 6.27. The zero-order valence-electron chi connectivity index (χ0n) is 18.7. The van der Waals surface area contributed by atoms with Crippen molar-refractivity contribution in [3.05, 3.63) is 72.3 Å². The number of fused-ring (bicyclic) bond motifs is 3. The van der Waals surface area contributed by atoms with E-state index < -0.39 is 36.2 Å². The molecule has 2 aromatic carbocycles. The number of amides is 2. The van der Waals surface area contributed by atoms with Crippen LogP contribution >= 0.6 is 0 Å². The summed E-state index contributed by atoms with van der Waals surface area (Å²) < 4.78 is 11.0. The standard InChI is InChI=1S/C26H28N2O6/c1-2-3-12-22(25(30)31)27-24(29)23-21(13-14-33-23)28-26(32)34-15-20-18-10-6-4-8-16(18)17-9-5-7-11-19(17)20/h2,4-11,20-23H,1,3,12-15H2,(H,27,29)(H,28,32)(H,30,31)/t21-,22?,23+/m0/s1. The van der Waals surface area contributed by atoms with Gasteiger partial charge < -0.3 is 25.2 Å². The first kappa shape index (κ1) is 23.5. The van der Waals surface area contributed by atoms with Crippen molar-refractivity contribution in [1.29, 1.82) is 0 Å². The van der Waals surface area contributed by atoms with Crippen LogP contribution in [-0.4, -0.2) is 54.5 Å². The molecule has 4 rings (SSSR count). The Kier molecular flexibility index (Phi) is 7.27. The second kappa shape index (κ2) is 10.5. The number of ether oxygens (including phenoxy) is 2. The molecular formula is C26H28N2O6. The minimum Gasteiger partial charge on any atom is -0.480 e. The molecule has 1 saturated heterocycles. The first-order valence-electron chi connectivity index (χ1n) is 11.4. The minimum absolute atomic E-state index is 0.0711. The van der Waals surface area contributed by atoms with E-state index in [2.05, 4.69) is 29.3 Å². The van der Waals surface area contributed by atoms with Crippen molar-refractivity contribution >= 4 is 18.0 Å². The highest BCUT2D eigenvalue weighted by molar-refractivity contribution is 5.87. The molecule has 0 bridgehead atoms. The van der Waals surface area contributed by atoms with Crippen LogP contribution in [0.4, 0.5) is 4.79 Å². The second-order valence-corrected chi connectivity index (χ2v) is 8.42. The summed E-state index contributed by atoms with van der Waals surface area (Å²) in [6, 6.07) is 14.5. The van der Waals surface area contributed by atoms with E-state index in [9.17, 15) is 19.5 Å². The van der Waals surface area contributed by atoms with Gasteiger partial charge in [0.1, 0.15) is 12.6 Å². The smallest absolute Gasteiger partial charge is 0.407 e. The fourth-order valence-electron chi connectivity index (χ4n) is 4.58. The number of nitrogens with one attached hydrogen (secondary N) is 2. The summed E-state index contributed by atoms with van der Waals surface area (Å²) in [6.07, 6.45) is 1.07. The average molecular weight is 465 g/mol. The predicted molar refractivity (Wildman–Crippen MR) is 125 cm³/mol. The van der Waals surface area contributed by atoms with E-state index in [4.69, 9.17) is 9.47 Å². The molecule has 1 aliphatic heterocycles. The van der Waals surface area contributed by atoms with Gasteiger partial charge in [0, 0.05) is 12.5 Å². The van der Waals surface area contributed by atoms with Gasteiger partial charge in [0.2, 0.25) is 0 Å². The van der Waals surface area contributed by atoms with Crippen LogP contribution in [0.25, 0.3) is 11.1 Å². The highest BCUT2D eigenvalue weighted by atomic mass is 16.6. The first-order valence-corrected chi connectivity index (χ1v) is 11.4. The lowest BCUT2D eigenvalue weighted by Crippen LogP contribution is -2.52. The normalized spacial score (nSPS) is 19.5. The van der Waals surface area contributed by atoms with E-state index in [1.807, 2.05) is 36.4 Å². The quantitative estimate of drug-likeness (QED) is 0.491. The number of carboxylic acids is 1. The van der Waals surface area contributed by atoms with Crippen LogP contribution in [0.3, 0.4) is 0 Å². The zero-order chi connectivity index (χ0) is 24.1. The molecule has 1 aliphatic carbocycles. The van der Waals surface area contributed by atoms with Gasteiger partial charge in [-0.15, -0.1) is 6.58 Å². The summed E-state index contributed by atoms with van der Waals surface area (Å²) in [5.74, 6) is -1.77. The molecule has 34 heavy (non-hydrogen) atoms. The topological polar surface area (TPSA) is 114 Å². The molecule has 2 amide bonds. The summed E-state index contributed by atoms with van der Waals surface area (Å²) in [4.78, 5) is 36.7. The molecule has 0 radical (unpaired) electrons. The second-order valence-electron chi connectivity index (χ2n) is 8.42. The Morgan fingerprint density at radius 3 is 2.38 bits per heavy atom. The number of alkyl carbamates (subject to hydrolysis) is 1. The molecule has 1 fully saturated rings. The number of carbonyl (C=O) groups is 3. The summed E-state index contributed by atoms with van der Waals surface area (Å²) >= 11 is 0. The van der Waals surface area contributed by atoms with Gasteiger partial charge in [-0.3, -0.25) is 4.79 Å². The van der Waals surface area contributed by atoms with E-state index in [1.54, 1.807) is 6.08 Å². The van der Waals surface area contributed by atoms with Crippen molar-refractivity contribution in [3.63, 3.8) is 0 Å². The number of carbonyl (C=O) groups excluding carboxylic acids is 2. The third-order valence-electron chi connectivity index (χ3n) is 6.27. The van der Waals surface area contributed by atoms with Gasteiger partial charge in [-0.1, -0.05) is 54.6 Å². The zero-order valence-corrected chi connectivity index (χ0v) is 18.7. The minimum atomic E-state index is -1.13. The summed E-state index contributed by atoms with van der Waals surface area (Å²) in [6.45, 7) is 4.01. The Morgan fingerprint density at radius 1 is 1.12 bits per heavy atom. The molecule has 0 aromatic heterocycles. The molecule has 2 aromatic rings. The fourth-order valence-corrected chi connectivity index (χ4v) is 4.58. The summed E-state index contributed by atoms with van der Waals surface area (Å²) in [5.41, 5.74) is 4.49. The molecule has 2 aliphatic rings. The first-order chi connectivity index (χ1) is 16.5.